The van der Waals surface area contributed by atoms with E-state index in [0.29, 0.717) is 30.9 Å². The van der Waals surface area contributed by atoms with E-state index >= 15 is 0 Å². The minimum atomic E-state index is -0.751. The first-order chi connectivity index (χ1) is 19.5. The number of aromatic nitrogens is 2. The zero-order valence-electron chi connectivity index (χ0n) is 22.3. The highest BCUT2D eigenvalue weighted by atomic mass is 32.2. The molecule has 3 aromatic carbocycles. The first-order valence-electron chi connectivity index (χ1n) is 13.5. The number of anilines is 3. The predicted molar refractivity (Wildman–Crippen MR) is 158 cm³/mol. The summed E-state index contributed by atoms with van der Waals surface area (Å²) in [7, 11) is 0. The van der Waals surface area contributed by atoms with Gasteiger partial charge in [-0.1, -0.05) is 48.0 Å². The summed E-state index contributed by atoms with van der Waals surface area (Å²) in [5.41, 5.74) is 4.48. The number of fused-ring (bicyclic) bond motifs is 4. The molecule has 0 spiro atoms. The lowest BCUT2D eigenvalue weighted by Gasteiger charge is -2.17. The van der Waals surface area contributed by atoms with E-state index in [0.717, 1.165) is 58.2 Å². The van der Waals surface area contributed by atoms with Crippen LogP contribution in [0.2, 0.25) is 0 Å². The van der Waals surface area contributed by atoms with Gasteiger partial charge in [0.1, 0.15) is 11.6 Å². The van der Waals surface area contributed by atoms with Gasteiger partial charge in [-0.25, -0.2) is 9.37 Å². The summed E-state index contributed by atoms with van der Waals surface area (Å²) in [6.07, 6.45) is 4.10. The van der Waals surface area contributed by atoms with Crippen molar-refractivity contribution in [1.82, 2.24) is 20.0 Å². The molecule has 40 heavy (non-hydrogen) atoms. The Hall–Kier alpha value is -3.95. The molecule has 4 N–H and O–H groups in total. The summed E-state index contributed by atoms with van der Waals surface area (Å²) in [5, 5.41) is 9.81. The van der Waals surface area contributed by atoms with Crippen molar-refractivity contribution in [3.05, 3.63) is 95.4 Å². The van der Waals surface area contributed by atoms with Crippen molar-refractivity contribution in [3.63, 3.8) is 0 Å². The molecule has 1 fully saturated rings. The van der Waals surface area contributed by atoms with Gasteiger partial charge in [0, 0.05) is 47.5 Å². The molecule has 0 saturated heterocycles. The predicted octanol–water partition coefficient (Wildman–Crippen LogP) is 6.10. The first kappa shape index (κ1) is 26.3. The van der Waals surface area contributed by atoms with Gasteiger partial charge in [0.2, 0.25) is 11.9 Å². The number of benzene rings is 3. The number of carbonyl (C=O) groups is 1. The van der Waals surface area contributed by atoms with Crippen molar-refractivity contribution in [1.29, 1.82) is 0 Å². The Morgan fingerprint density at radius 2 is 1.93 bits per heavy atom. The lowest BCUT2D eigenvalue weighted by molar-refractivity contribution is -0.123. The van der Waals surface area contributed by atoms with Crippen molar-refractivity contribution in [2.24, 2.45) is 0 Å². The fourth-order valence-electron chi connectivity index (χ4n) is 4.96. The van der Waals surface area contributed by atoms with E-state index in [1.54, 1.807) is 24.1 Å². The number of nitrogens with zero attached hydrogens (tertiary/aromatic N) is 2. The molecule has 4 aromatic rings. The zero-order valence-corrected chi connectivity index (χ0v) is 23.1. The average molecular weight is 555 g/mol. The summed E-state index contributed by atoms with van der Waals surface area (Å²) in [4.78, 5) is 23.6. The van der Waals surface area contributed by atoms with Crippen LogP contribution in [-0.2, 0) is 16.8 Å². The van der Waals surface area contributed by atoms with Crippen LogP contribution in [0.1, 0.15) is 36.0 Å². The van der Waals surface area contributed by atoms with Crippen molar-refractivity contribution in [2.45, 2.75) is 43.0 Å². The van der Waals surface area contributed by atoms with E-state index in [1.165, 1.54) is 6.07 Å². The van der Waals surface area contributed by atoms with Crippen LogP contribution in [-0.4, -0.2) is 29.0 Å². The standard InChI is InChI=1S/C31H31FN6OS/c1-20-6-11-27(32)26(16-20)31(12-13-31)29(39)34-18-21-7-9-22(10-8-21)25-19-35-30-37-23-4-2-5-24(17-23)40-36-15-3-14-33-28(25)38-30/h2,4-11,16-17,19,36H,3,12-15,18H2,1H3,(H,34,39)(H2,33,35,37,38). The van der Waals surface area contributed by atoms with E-state index in [4.69, 9.17) is 4.98 Å². The largest absolute Gasteiger partial charge is 0.369 e. The van der Waals surface area contributed by atoms with Crippen LogP contribution in [0.25, 0.3) is 11.1 Å². The second-order valence-corrected chi connectivity index (χ2v) is 11.3. The lowest BCUT2D eigenvalue weighted by Crippen LogP contribution is -2.35. The molecular formula is C31H31FN6OS. The maximum Gasteiger partial charge on any atom is 0.231 e. The Morgan fingerprint density at radius 1 is 1.07 bits per heavy atom. The Kier molecular flexibility index (Phi) is 7.40. The molecule has 6 rings (SSSR count). The van der Waals surface area contributed by atoms with Crippen molar-refractivity contribution < 1.29 is 9.18 Å². The topological polar surface area (TPSA) is 91.0 Å². The van der Waals surface area contributed by atoms with Gasteiger partial charge in [-0.05, 0) is 73.5 Å². The van der Waals surface area contributed by atoms with Crippen LogP contribution in [0.4, 0.5) is 21.8 Å². The monoisotopic (exact) mass is 554 g/mol. The second kappa shape index (κ2) is 11.3. The molecule has 1 amide bonds. The highest BCUT2D eigenvalue weighted by Gasteiger charge is 2.52. The number of aryl methyl sites for hydroxylation is 1. The fourth-order valence-corrected chi connectivity index (χ4v) is 5.71. The zero-order chi connectivity index (χ0) is 27.5. The van der Waals surface area contributed by atoms with Gasteiger partial charge in [-0.2, -0.15) is 4.98 Å². The van der Waals surface area contributed by atoms with Crippen molar-refractivity contribution in [3.8, 4) is 11.1 Å². The van der Waals surface area contributed by atoms with Crippen LogP contribution in [0.3, 0.4) is 0 Å². The molecule has 204 valence electrons. The Morgan fingerprint density at radius 3 is 2.75 bits per heavy atom. The van der Waals surface area contributed by atoms with E-state index in [1.807, 2.05) is 49.5 Å². The molecule has 1 aliphatic carbocycles. The SMILES string of the molecule is Cc1ccc(F)c(C2(C(=O)NCc3ccc(-c4cnc5nc4NCCCNSc4cccc(c4)N5)cc3)CC2)c1. The fraction of sp³-hybridized carbons (Fsp3) is 0.258. The first-order valence-corrected chi connectivity index (χ1v) is 14.3. The minimum Gasteiger partial charge on any atom is -0.369 e. The Bertz CT molecular complexity index is 1540. The van der Waals surface area contributed by atoms with E-state index < -0.39 is 5.41 Å². The highest BCUT2D eigenvalue weighted by molar-refractivity contribution is 7.97. The van der Waals surface area contributed by atoms with E-state index in [2.05, 4.69) is 37.8 Å². The minimum absolute atomic E-state index is 0.119. The molecule has 2 heterocycles. The molecular weight excluding hydrogens is 523 g/mol. The van der Waals surface area contributed by atoms with Gasteiger partial charge in [0.25, 0.3) is 0 Å². The number of halogens is 1. The summed E-state index contributed by atoms with van der Waals surface area (Å²) < 4.78 is 17.9. The quantitative estimate of drug-likeness (QED) is 0.222. The van der Waals surface area contributed by atoms with Crippen LogP contribution in [0, 0.1) is 12.7 Å². The summed E-state index contributed by atoms with van der Waals surface area (Å²) in [6, 6.07) is 21.1. The van der Waals surface area contributed by atoms with Crippen LogP contribution < -0.4 is 20.7 Å². The number of amides is 1. The van der Waals surface area contributed by atoms with Crippen LogP contribution in [0.15, 0.2) is 77.8 Å². The molecule has 1 aliphatic heterocycles. The average Bonchev–Trinajstić information content (AvgIpc) is 3.77. The summed E-state index contributed by atoms with van der Waals surface area (Å²) >= 11 is 1.61. The number of rotatable bonds is 5. The number of nitrogens with one attached hydrogen (secondary N) is 4. The Balaban J connectivity index is 1.16. The van der Waals surface area contributed by atoms with Gasteiger partial charge in [0.05, 0.1) is 5.41 Å². The molecule has 1 saturated carbocycles. The van der Waals surface area contributed by atoms with Gasteiger partial charge >= 0.3 is 0 Å². The third kappa shape index (κ3) is 5.66. The van der Waals surface area contributed by atoms with Gasteiger partial charge in [-0.3, -0.25) is 9.52 Å². The molecule has 0 atom stereocenters. The molecule has 0 unspecified atom stereocenters. The van der Waals surface area contributed by atoms with Crippen LogP contribution >= 0.6 is 11.9 Å². The highest BCUT2D eigenvalue weighted by Crippen LogP contribution is 2.49. The lowest BCUT2D eigenvalue weighted by atomic mass is 9.93. The molecule has 0 radical (unpaired) electrons. The third-order valence-electron chi connectivity index (χ3n) is 7.36. The van der Waals surface area contributed by atoms with E-state index in [9.17, 15) is 9.18 Å². The second-order valence-electron chi connectivity index (χ2n) is 10.3. The molecule has 1 aromatic heterocycles. The smallest absolute Gasteiger partial charge is 0.231 e. The molecule has 7 nitrogen and oxygen atoms in total. The molecule has 2 aliphatic rings. The molecule has 4 bridgehead atoms. The van der Waals surface area contributed by atoms with E-state index in [-0.39, 0.29) is 11.7 Å². The summed E-state index contributed by atoms with van der Waals surface area (Å²) in [5.74, 6) is 0.856. The maximum absolute atomic E-state index is 14.5. The number of hydrogen-bond acceptors (Lipinski definition) is 7. The van der Waals surface area contributed by atoms with Crippen molar-refractivity contribution in [2.75, 3.05) is 23.7 Å². The molecule has 9 heteroatoms. The summed E-state index contributed by atoms with van der Waals surface area (Å²) in [6.45, 7) is 3.92. The number of carbonyl (C=O) groups excluding carboxylic acids is 1. The Labute approximate surface area is 237 Å². The number of hydrogen-bond donors (Lipinski definition) is 4. The van der Waals surface area contributed by atoms with Crippen LogP contribution in [0.5, 0.6) is 0 Å². The normalized spacial score (nSPS) is 15.8. The maximum atomic E-state index is 14.5. The van der Waals surface area contributed by atoms with Gasteiger partial charge in [0.15, 0.2) is 0 Å². The third-order valence-corrected chi connectivity index (χ3v) is 8.20. The van der Waals surface area contributed by atoms with Crippen molar-refractivity contribution >= 4 is 35.3 Å². The van der Waals surface area contributed by atoms with Gasteiger partial charge < -0.3 is 16.0 Å². The van der Waals surface area contributed by atoms with Gasteiger partial charge in [-0.15, -0.1) is 0 Å².